The van der Waals surface area contributed by atoms with E-state index < -0.39 is 8.03 Å². The Morgan fingerprint density at radius 2 is 2.14 bits per heavy atom. The van der Waals surface area contributed by atoms with E-state index in [-0.39, 0.29) is 12.8 Å². The number of aliphatic hydroxyl groups excluding tert-OH is 1. The van der Waals surface area contributed by atoms with Gasteiger partial charge in [0.1, 0.15) is 0 Å². The number of aliphatic hydroxyl groups is 1. The minimum atomic E-state index is -2.31. The van der Waals surface area contributed by atoms with Crippen LogP contribution >= 0.6 is 8.03 Å². The minimum absolute atomic E-state index is 0.0109. The van der Waals surface area contributed by atoms with Crippen molar-refractivity contribution in [2.75, 3.05) is 12.8 Å². The second kappa shape index (κ2) is 4.31. The van der Waals surface area contributed by atoms with E-state index in [1.807, 2.05) is 0 Å². The summed E-state index contributed by atoms with van der Waals surface area (Å²) in [5.41, 5.74) is 0. The van der Waals surface area contributed by atoms with Gasteiger partial charge in [0.25, 0.3) is 0 Å². The van der Waals surface area contributed by atoms with E-state index in [0.717, 1.165) is 0 Å². The maximum atomic E-state index is 9.83. The predicted molar refractivity (Wildman–Crippen MR) is 27.8 cm³/mol. The highest BCUT2D eigenvalue weighted by Gasteiger charge is 1.88. The Morgan fingerprint density at radius 3 is 2.29 bits per heavy atom. The van der Waals surface area contributed by atoms with Crippen molar-refractivity contribution >= 4 is 8.03 Å². The molecular weight excluding hydrogens is 115 g/mol. The summed E-state index contributed by atoms with van der Waals surface area (Å²) in [6.07, 6.45) is 0.690. The first-order valence-electron chi connectivity index (χ1n) is 2.10. The molecule has 0 aliphatic carbocycles. The highest BCUT2D eigenvalue weighted by Crippen LogP contribution is 2.12. The largest absolute Gasteiger partial charge is 0.396 e. The van der Waals surface area contributed by atoms with Crippen LogP contribution in [0.3, 0.4) is 0 Å². The minimum Gasteiger partial charge on any atom is -0.396 e. The molecule has 0 saturated carbocycles. The first-order chi connectivity index (χ1) is 3.27. The van der Waals surface area contributed by atoms with Crippen molar-refractivity contribution in [3.8, 4) is 0 Å². The van der Waals surface area contributed by atoms with Gasteiger partial charge in [-0.2, -0.15) is 0 Å². The lowest BCUT2D eigenvalue weighted by molar-refractivity contribution is 0.294. The van der Waals surface area contributed by atoms with Gasteiger partial charge in [-0.25, -0.2) is 0 Å². The fraction of sp³-hybridized carbons (Fsp3) is 1.00. The van der Waals surface area contributed by atoms with E-state index in [0.29, 0.717) is 6.42 Å². The molecule has 4 heteroatoms. The Labute approximate surface area is 42.8 Å². The smallest absolute Gasteiger partial charge is 0.189 e. The van der Waals surface area contributed by atoms with Crippen LogP contribution in [0.1, 0.15) is 6.42 Å². The summed E-state index contributed by atoms with van der Waals surface area (Å²) < 4.78 is 9.83. The van der Waals surface area contributed by atoms with E-state index in [2.05, 4.69) is 0 Å². The van der Waals surface area contributed by atoms with Crippen LogP contribution in [0.25, 0.3) is 0 Å². The molecule has 0 aromatic heterocycles. The van der Waals surface area contributed by atoms with Crippen molar-refractivity contribution in [3.05, 3.63) is 0 Å². The van der Waals surface area contributed by atoms with E-state index in [9.17, 15) is 4.57 Å². The molecule has 0 bridgehead atoms. The molecule has 2 N–H and O–H groups in total. The third-order valence-corrected chi connectivity index (χ3v) is 1.33. The van der Waals surface area contributed by atoms with Gasteiger partial charge in [-0.3, -0.25) is 4.57 Å². The first-order valence-corrected chi connectivity index (χ1v) is 3.66. The second-order valence-corrected chi connectivity index (χ2v) is 2.51. The standard InChI is InChI=1S/C3H9O3P/c4-2-1-3-7(5)6/h4,7H,1-3H2,(H,5,6). The van der Waals surface area contributed by atoms with Crippen molar-refractivity contribution in [2.45, 2.75) is 6.42 Å². The SMILES string of the molecule is O=[PH](O)CCCO. The summed E-state index contributed by atoms with van der Waals surface area (Å²) in [6, 6.07) is 0. The van der Waals surface area contributed by atoms with Crippen LogP contribution in [-0.2, 0) is 4.57 Å². The summed E-state index contributed by atoms with van der Waals surface area (Å²) in [4.78, 5) is 8.12. The normalized spacial score (nSPS) is 14.0. The zero-order valence-electron chi connectivity index (χ0n) is 3.92. The van der Waals surface area contributed by atoms with Crippen LogP contribution in [0.15, 0.2) is 0 Å². The van der Waals surface area contributed by atoms with Crippen LogP contribution < -0.4 is 0 Å². The van der Waals surface area contributed by atoms with Gasteiger partial charge >= 0.3 is 0 Å². The summed E-state index contributed by atoms with van der Waals surface area (Å²) in [7, 11) is -2.31. The number of rotatable bonds is 3. The highest BCUT2D eigenvalue weighted by atomic mass is 31.1. The van der Waals surface area contributed by atoms with Gasteiger partial charge in [0, 0.05) is 12.8 Å². The Kier molecular flexibility index (Phi) is 4.41. The zero-order chi connectivity index (χ0) is 5.70. The van der Waals surface area contributed by atoms with Crippen LogP contribution in [0.2, 0.25) is 0 Å². The summed E-state index contributed by atoms with van der Waals surface area (Å²) in [5.74, 6) is 0. The molecule has 44 valence electrons. The van der Waals surface area contributed by atoms with Crippen LogP contribution in [0.4, 0.5) is 0 Å². The van der Waals surface area contributed by atoms with E-state index in [1.54, 1.807) is 0 Å². The predicted octanol–water partition coefficient (Wildman–Crippen LogP) is -0.164. The Balaban J connectivity index is 2.82. The van der Waals surface area contributed by atoms with Crippen LogP contribution in [0.5, 0.6) is 0 Å². The van der Waals surface area contributed by atoms with Gasteiger partial charge in [0.15, 0.2) is 8.03 Å². The molecule has 0 heterocycles. The third kappa shape index (κ3) is 6.15. The van der Waals surface area contributed by atoms with Crippen molar-refractivity contribution in [1.29, 1.82) is 0 Å². The van der Waals surface area contributed by atoms with Gasteiger partial charge in [-0.05, 0) is 6.42 Å². The van der Waals surface area contributed by atoms with Gasteiger partial charge in [0.2, 0.25) is 0 Å². The highest BCUT2D eigenvalue weighted by molar-refractivity contribution is 7.37. The molecule has 0 fully saturated rings. The summed E-state index contributed by atoms with van der Waals surface area (Å²) in [5, 5.41) is 8.08. The van der Waals surface area contributed by atoms with Crippen molar-refractivity contribution in [1.82, 2.24) is 0 Å². The molecule has 0 aromatic carbocycles. The van der Waals surface area contributed by atoms with E-state index >= 15 is 0 Å². The van der Waals surface area contributed by atoms with E-state index in [1.165, 1.54) is 0 Å². The maximum Gasteiger partial charge on any atom is 0.189 e. The Hall–Kier alpha value is 0.150. The molecule has 0 aliphatic heterocycles. The fourth-order valence-electron chi connectivity index (χ4n) is 0.230. The Morgan fingerprint density at radius 1 is 1.57 bits per heavy atom. The number of hydrogen-bond acceptors (Lipinski definition) is 2. The van der Waals surface area contributed by atoms with Crippen molar-refractivity contribution < 1.29 is 14.6 Å². The molecule has 0 radical (unpaired) electrons. The summed E-state index contributed by atoms with van der Waals surface area (Å²) >= 11 is 0. The molecule has 0 spiro atoms. The number of hydrogen-bond donors (Lipinski definition) is 2. The molecule has 1 unspecified atom stereocenters. The first kappa shape index (κ1) is 7.15. The Bertz CT molecular complexity index is 63.2. The topological polar surface area (TPSA) is 57.5 Å². The molecule has 0 saturated heterocycles. The van der Waals surface area contributed by atoms with Crippen LogP contribution in [-0.4, -0.2) is 22.8 Å². The van der Waals surface area contributed by atoms with Crippen LogP contribution in [0, 0.1) is 0 Å². The van der Waals surface area contributed by atoms with Crippen molar-refractivity contribution in [3.63, 3.8) is 0 Å². The van der Waals surface area contributed by atoms with E-state index in [4.69, 9.17) is 10.00 Å². The molecule has 7 heavy (non-hydrogen) atoms. The molecule has 0 aromatic rings. The average molecular weight is 124 g/mol. The van der Waals surface area contributed by atoms with Gasteiger partial charge < -0.3 is 10.00 Å². The van der Waals surface area contributed by atoms with Gasteiger partial charge in [-0.15, -0.1) is 0 Å². The quantitative estimate of drug-likeness (QED) is 0.514. The zero-order valence-corrected chi connectivity index (χ0v) is 4.92. The van der Waals surface area contributed by atoms with Crippen molar-refractivity contribution in [2.24, 2.45) is 0 Å². The molecule has 0 aliphatic rings. The van der Waals surface area contributed by atoms with Gasteiger partial charge in [0.05, 0.1) is 0 Å². The monoisotopic (exact) mass is 124 g/mol. The lowest BCUT2D eigenvalue weighted by Gasteiger charge is -1.87. The lowest BCUT2D eigenvalue weighted by Crippen LogP contribution is -1.83. The average Bonchev–Trinajstić information content (AvgIpc) is 1.61. The molecular formula is C3H9O3P. The van der Waals surface area contributed by atoms with Gasteiger partial charge in [-0.1, -0.05) is 0 Å². The lowest BCUT2D eigenvalue weighted by atomic mass is 10.5. The molecule has 3 nitrogen and oxygen atoms in total. The summed E-state index contributed by atoms with van der Waals surface area (Å²) in [6.45, 7) is 0.0109. The fourth-order valence-corrected chi connectivity index (χ4v) is 0.691. The third-order valence-electron chi connectivity index (χ3n) is 0.549. The molecule has 0 amide bonds. The maximum absolute atomic E-state index is 9.83. The molecule has 1 atom stereocenters. The molecule has 0 rings (SSSR count). The second-order valence-electron chi connectivity index (χ2n) is 1.22.